The molecule has 0 aliphatic carbocycles. The van der Waals surface area contributed by atoms with Gasteiger partial charge in [-0.25, -0.2) is 14.2 Å². The SMILES string of the molecule is CC#N.O=C(CCCO[N+](=O)[O-])Oc1ccccc1C(=O)O.O=C(CCCO[N+](=O)[O-])Oc1ccccc1C(=O)Oc1ccc(-c2cc(=S)ss2)cc1.O=C(O)CCCBr.O=Cc1ccccc1O.O=Cc1ccccc1OC(=O)CCCBr.O=Cc1ccccc1OC(=O)CCCO[N+](=O)[O-].O=N[S-].O=[N+]([O-])O.Oc1ccc(-c2cc(=S)ss2)cc1.[Ag]. The molecule has 0 fully saturated rings. The largest absolute Gasteiger partial charge is 0.622 e. The number of phenolic OH excluding ortho intramolecular Hbond substituents is 2. The van der Waals surface area contributed by atoms with E-state index in [1.54, 1.807) is 128 Å². The summed E-state index contributed by atoms with van der Waals surface area (Å²) in [6.07, 6.45) is 4.08. The van der Waals surface area contributed by atoms with Gasteiger partial charge in [0.2, 0.25) is 0 Å². The molecule has 9 aromatic rings. The first-order valence-electron chi connectivity index (χ1n) is 33.9. The minimum atomic E-state index is -1.50. The van der Waals surface area contributed by atoms with E-state index in [0.717, 1.165) is 52.0 Å². The zero-order chi connectivity index (χ0) is 91.6. The van der Waals surface area contributed by atoms with Gasteiger partial charge in [-0.05, 0) is 165 Å². The number of rotatable bonds is 33. The van der Waals surface area contributed by atoms with Crippen molar-refractivity contribution in [3.05, 3.63) is 263 Å². The number of aromatic carboxylic acids is 1. The number of esters is 5. The number of carbonyl (C=O) groups excluding carboxylic acids is 8. The number of ether oxygens (including phenoxy) is 5. The molecule has 0 atom stereocenters. The third-order valence-electron chi connectivity index (χ3n) is 12.9. The second-order valence-electron chi connectivity index (χ2n) is 21.6. The third kappa shape index (κ3) is 55.4. The molecule has 7 aromatic carbocycles. The number of carboxylic acids is 2. The van der Waals surface area contributed by atoms with Gasteiger partial charge in [-0.1, -0.05) is 158 Å². The van der Waals surface area contributed by atoms with Crippen LogP contribution in [0.3, 0.4) is 0 Å². The second kappa shape index (κ2) is 69.4. The van der Waals surface area contributed by atoms with E-state index in [-0.39, 0.29) is 133 Å². The van der Waals surface area contributed by atoms with Crippen molar-refractivity contribution in [1.82, 2.24) is 0 Å². The number of benzene rings is 7. The van der Waals surface area contributed by atoms with Crippen molar-refractivity contribution in [2.45, 2.75) is 71.1 Å². The van der Waals surface area contributed by atoms with Gasteiger partial charge < -0.3 is 76.6 Å². The van der Waals surface area contributed by atoms with E-state index in [0.29, 0.717) is 53.7 Å². The van der Waals surface area contributed by atoms with E-state index in [2.05, 4.69) is 59.2 Å². The zero-order valence-electron chi connectivity index (χ0n) is 63.5. The molecule has 2 aromatic heterocycles. The van der Waals surface area contributed by atoms with E-state index >= 15 is 0 Å². The summed E-state index contributed by atoms with van der Waals surface area (Å²) in [5.41, 5.74) is 3.02. The summed E-state index contributed by atoms with van der Waals surface area (Å²) < 4.78 is 29.0. The molecule has 0 saturated heterocycles. The number of halogens is 2. The molecule has 1 radical (unpaired) electrons. The number of aliphatic carboxylic acids is 1. The summed E-state index contributed by atoms with van der Waals surface area (Å²) in [5.74, 6) is -3.67. The van der Waals surface area contributed by atoms with Crippen molar-refractivity contribution in [2.24, 2.45) is 4.58 Å². The maximum atomic E-state index is 12.6. The number of nitroso groups, excluding NO2 is 1. The van der Waals surface area contributed by atoms with Crippen LogP contribution in [0.4, 0.5) is 0 Å². The van der Waals surface area contributed by atoms with Crippen LogP contribution in [0.2, 0.25) is 0 Å². The fraction of sp³-hybridized carbons (Fsp3) is 0.213. The second-order valence-corrected chi connectivity index (χ2v) is 29.2. The molecule has 5 N–H and O–H groups in total. The monoisotopic (exact) mass is 2060 g/mol. The Hall–Kier alpha value is -12.2. The van der Waals surface area contributed by atoms with Crippen LogP contribution in [0.5, 0.6) is 40.2 Å². The molecular weight excluding hydrogens is 1990 g/mol. The van der Waals surface area contributed by atoms with Gasteiger partial charge in [-0.3, -0.25) is 38.4 Å². The number of alkyl halides is 2. The van der Waals surface area contributed by atoms with Gasteiger partial charge in [0, 0.05) is 81.8 Å². The Labute approximate surface area is 761 Å². The predicted octanol–water partition coefficient (Wildman–Crippen LogP) is 17.3. The van der Waals surface area contributed by atoms with Gasteiger partial charge in [0.15, 0.2) is 18.9 Å². The summed E-state index contributed by atoms with van der Waals surface area (Å²) in [4.78, 5) is 171. The van der Waals surface area contributed by atoms with Crippen LogP contribution in [0.25, 0.3) is 20.9 Å². The van der Waals surface area contributed by atoms with Crippen LogP contribution in [-0.2, 0) is 73.7 Å². The average molecular weight is 2060 g/mol. The molecule has 0 amide bonds. The summed E-state index contributed by atoms with van der Waals surface area (Å²) in [5, 5.41) is 84.4. The molecular formula is C75H71AgBr2N6O32S7-. The molecule has 0 aliphatic heterocycles. The number of nitrogens with zero attached hydrogens (tertiary/aromatic N) is 6. The molecule has 0 unspecified atom stereocenters. The molecule has 661 valence electrons. The molecule has 0 aliphatic rings. The Morgan fingerprint density at radius 3 is 1.11 bits per heavy atom. The fourth-order valence-electron chi connectivity index (χ4n) is 7.80. The van der Waals surface area contributed by atoms with Gasteiger partial charge in [-0.15, -0.1) is 40.5 Å². The Kier molecular flexibility index (Phi) is 63.7. The van der Waals surface area contributed by atoms with E-state index in [9.17, 15) is 78.3 Å². The van der Waals surface area contributed by atoms with Crippen molar-refractivity contribution in [3.63, 3.8) is 0 Å². The number of aromatic hydroxyl groups is 2. The summed E-state index contributed by atoms with van der Waals surface area (Å²) >= 11 is 20.0. The summed E-state index contributed by atoms with van der Waals surface area (Å²) in [6, 6.07) is 51.0. The van der Waals surface area contributed by atoms with Crippen LogP contribution < -0.4 is 23.7 Å². The molecule has 48 heteroatoms. The van der Waals surface area contributed by atoms with Crippen LogP contribution >= 0.6 is 97.7 Å². The Morgan fingerprint density at radius 2 is 0.797 bits per heavy atom. The Bertz CT molecular complexity index is 4980. The first-order valence-corrected chi connectivity index (χ1v) is 41.6. The maximum absolute atomic E-state index is 12.6. The van der Waals surface area contributed by atoms with E-state index in [1.165, 1.54) is 71.9 Å². The van der Waals surface area contributed by atoms with Crippen LogP contribution in [-0.4, -0.2) is 137 Å². The maximum Gasteiger partial charge on any atom is 0.347 e. The topological polar surface area (TPSA) is 571 Å². The number of aldehydes is 3. The van der Waals surface area contributed by atoms with Crippen molar-refractivity contribution in [2.75, 3.05) is 30.5 Å². The number of carbonyl (C=O) groups is 10. The molecule has 9 rings (SSSR count). The van der Waals surface area contributed by atoms with E-state index in [1.807, 2.05) is 41.0 Å². The summed E-state index contributed by atoms with van der Waals surface area (Å²) in [6.45, 7) is 0.821. The van der Waals surface area contributed by atoms with Crippen LogP contribution in [0.15, 0.2) is 187 Å². The van der Waals surface area contributed by atoms with Gasteiger partial charge >= 0.3 is 41.8 Å². The molecule has 0 spiro atoms. The number of nitriles is 1. The fourth-order valence-corrected chi connectivity index (χ4v) is 13.2. The molecule has 0 bridgehead atoms. The number of carboxylic acid groups (broad SMARTS) is 2. The van der Waals surface area contributed by atoms with Crippen molar-refractivity contribution < 1.29 is 155 Å². The standard InChI is InChI=1S/C20H15NO7S3.C11H11BrO3.C11H11NO7.C11H11NO6.C9H6OS3.C7H6O2.C4H7BrO2.C2H3N.Ag.HNO3.HNOS/c22-18(6-3-11-26-21(24)25)28-16-5-2-1-4-15(16)20(23)27-14-9-7-13(8-10-14)17-12-19(29)31-30-17;12-7-3-6-11(14)15-10-5-2-1-4-9(10)8-13;13-10(6-3-7-18-12(16)17)19-9-5-2-1-4-8(9)11(14)15;13-8-9-4-1-2-5-10(9)18-11(14)6-3-7-17-12(15)16;10-7-3-1-6(2-4-7)8-5-9(11)13-12-8;8-5-6-3-1-2-4-7(6)9;5-3-1-2-4(6)7;1-2-3;;2-1(3)4;2-1-3/h1-2,4-5,7-10,12H,3,6,11H2;1-2,4-5,8H,3,6-7H2;1-2,4-5H,3,6-7H2,(H,14,15);1-2,4-5,8H,3,6-7H2;1-5,10H;1-5,9H;1-3H2,(H,6,7);1H3;;(H,2,3,4);(H,2,3)/p-1. The number of phenols is 2. The predicted molar refractivity (Wildman–Crippen MR) is 457 cm³/mol. The molecule has 38 nitrogen and oxygen atoms in total. The number of para-hydroxylation sites is 5. The molecule has 123 heavy (non-hydrogen) atoms. The van der Waals surface area contributed by atoms with Gasteiger partial charge in [0.25, 0.3) is 20.3 Å². The van der Waals surface area contributed by atoms with E-state index in [4.69, 9.17) is 94.0 Å². The van der Waals surface area contributed by atoms with Gasteiger partial charge in [-0.2, -0.15) is 10.2 Å². The van der Waals surface area contributed by atoms with Crippen molar-refractivity contribution in [3.8, 4) is 67.2 Å². The number of hydrogen-bond donors (Lipinski definition) is 5. The summed E-state index contributed by atoms with van der Waals surface area (Å²) in [7, 11) is 6.35. The smallest absolute Gasteiger partial charge is 0.347 e. The quantitative estimate of drug-likeness (QED) is 0.00207. The van der Waals surface area contributed by atoms with E-state index < -0.39 is 56.2 Å². The Balaban J connectivity index is 0. The third-order valence-corrected chi connectivity index (χ3v) is 19.8. The minimum absolute atomic E-state index is 0. The average Bonchev–Trinajstić information content (AvgIpc) is 1.74. The first kappa shape index (κ1) is 113. The van der Waals surface area contributed by atoms with Crippen molar-refractivity contribution in [1.29, 1.82) is 5.26 Å². The number of hydrogen-bond acceptors (Lipinski definition) is 38. The Morgan fingerprint density at radius 1 is 0.488 bits per heavy atom. The van der Waals surface area contributed by atoms with Crippen LogP contribution in [0, 0.1) is 64.3 Å². The minimum Gasteiger partial charge on any atom is -0.622 e. The molecule has 2 heterocycles. The molecule has 0 saturated carbocycles. The van der Waals surface area contributed by atoms with Gasteiger partial charge in [0.1, 0.15) is 59.0 Å². The zero-order valence-corrected chi connectivity index (χ0v) is 73.9. The normalized spacial score (nSPS) is 9.25. The van der Waals surface area contributed by atoms with Crippen LogP contribution in [0.1, 0.15) is 123 Å². The first-order chi connectivity index (χ1) is 58.3. The van der Waals surface area contributed by atoms with Gasteiger partial charge in [0.05, 0.1) is 42.6 Å². The van der Waals surface area contributed by atoms with Crippen molar-refractivity contribution >= 4 is 171 Å².